The van der Waals surface area contributed by atoms with Crippen molar-refractivity contribution in [3.63, 3.8) is 0 Å². The van der Waals surface area contributed by atoms with Crippen LogP contribution in [0.5, 0.6) is 0 Å². The first-order chi connectivity index (χ1) is 9.66. The van der Waals surface area contributed by atoms with E-state index in [0.29, 0.717) is 0 Å². The lowest BCUT2D eigenvalue weighted by Gasteiger charge is -2.33. The predicted octanol–water partition coefficient (Wildman–Crippen LogP) is 2.86. The molecule has 20 heavy (non-hydrogen) atoms. The fraction of sp³-hybridized carbons (Fsp3) is 0.875. The van der Waals surface area contributed by atoms with Crippen molar-refractivity contribution in [3.05, 3.63) is 0 Å². The fourth-order valence-electron chi connectivity index (χ4n) is 2.82. The molecule has 0 aliphatic carbocycles. The van der Waals surface area contributed by atoms with Gasteiger partial charge in [0.25, 0.3) is 0 Å². The highest BCUT2D eigenvalue weighted by Crippen LogP contribution is 2.17. The molecule has 0 radical (unpaired) electrons. The molecule has 1 N–H and O–H groups in total. The summed E-state index contributed by atoms with van der Waals surface area (Å²) >= 11 is 0. The Bertz CT molecular complexity index is 305. The van der Waals surface area contributed by atoms with Crippen LogP contribution in [0.15, 0.2) is 0 Å². The first kappa shape index (κ1) is 17.0. The van der Waals surface area contributed by atoms with Gasteiger partial charge in [-0.25, -0.2) is 0 Å². The Morgan fingerprint density at radius 3 is 2.50 bits per heavy atom. The average molecular weight is 282 g/mol. The maximum Gasteiger partial charge on any atom is 0.242 e. The van der Waals surface area contributed by atoms with E-state index >= 15 is 0 Å². The smallest absolute Gasteiger partial charge is 0.242 e. The number of amides is 2. The minimum Gasteiger partial charge on any atom is -0.354 e. The summed E-state index contributed by atoms with van der Waals surface area (Å²) in [4.78, 5) is 25.4. The SMILES string of the molecule is CCCCCCCCNC(=O)C1CCCCN1C(C)=O. The van der Waals surface area contributed by atoms with Gasteiger partial charge in [-0.15, -0.1) is 0 Å². The Balaban J connectivity index is 2.19. The summed E-state index contributed by atoms with van der Waals surface area (Å²) < 4.78 is 0. The second kappa shape index (κ2) is 9.78. The van der Waals surface area contributed by atoms with Crippen LogP contribution in [-0.4, -0.2) is 35.8 Å². The summed E-state index contributed by atoms with van der Waals surface area (Å²) in [5.74, 6) is 0.0536. The van der Waals surface area contributed by atoms with Gasteiger partial charge in [-0.2, -0.15) is 0 Å². The summed E-state index contributed by atoms with van der Waals surface area (Å²) in [5.41, 5.74) is 0. The van der Waals surface area contributed by atoms with Crippen LogP contribution in [-0.2, 0) is 9.59 Å². The Morgan fingerprint density at radius 2 is 1.80 bits per heavy atom. The zero-order valence-electron chi connectivity index (χ0n) is 13.1. The van der Waals surface area contributed by atoms with Gasteiger partial charge in [0, 0.05) is 20.0 Å². The second-order valence-electron chi connectivity index (χ2n) is 5.78. The Morgan fingerprint density at radius 1 is 1.10 bits per heavy atom. The fourth-order valence-corrected chi connectivity index (χ4v) is 2.82. The molecular formula is C16H30N2O2. The van der Waals surface area contributed by atoms with Crippen LogP contribution in [0.1, 0.15) is 71.6 Å². The van der Waals surface area contributed by atoms with E-state index in [1.807, 2.05) is 0 Å². The molecular weight excluding hydrogens is 252 g/mol. The number of hydrogen-bond acceptors (Lipinski definition) is 2. The van der Waals surface area contributed by atoms with Gasteiger partial charge in [-0.3, -0.25) is 9.59 Å². The van der Waals surface area contributed by atoms with Crippen molar-refractivity contribution >= 4 is 11.8 Å². The molecule has 0 bridgehead atoms. The molecule has 1 unspecified atom stereocenters. The molecule has 1 aliphatic heterocycles. The molecule has 0 saturated carbocycles. The van der Waals surface area contributed by atoms with E-state index in [2.05, 4.69) is 12.2 Å². The van der Waals surface area contributed by atoms with Crippen molar-refractivity contribution in [1.29, 1.82) is 0 Å². The maximum atomic E-state index is 12.1. The molecule has 1 atom stereocenters. The van der Waals surface area contributed by atoms with E-state index < -0.39 is 0 Å². The number of nitrogens with one attached hydrogen (secondary N) is 1. The van der Waals surface area contributed by atoms with Crippen molar-refractivity contribution in [2.24, 2.45) is 0 Å². The van der Waals surface area contributed by atoms with Crippen molar-refractivity contribution in [3.8, 4) is 0 Å². The number of likely N-dealkylation sites (tertiary alicyclic amines) is 1. The van der Waals surface area contributed by atoms with E-state index in [4.69, 9.17) is 0 Å². The van der Waals surface area contributed by atoms with E-state index in [9.17, 15) is 9.59 Å². The number of carbonyl (C=O) groups is 2. The van der Waals surface area contributed by atoms with Crippen LogP contribution < -0.4 is 5.32 Å². The Labute approximate surface area is 123 Å². The Kier molecular flexibility index (Phi) is 8.31. The third kappa shape index (κ3) is 5.93. The summed E-state index contributed by atoms with van der Waals surface area (Å²) in [6.45, 7) is 5.24. The van der Waals surface area contributed by atoms with Crippen molar-refractivity contribution in [1.82, 2.24) is 10.2 Å². The lowest BCUT2D eigenvalue weighted by atomic mass is 10.0. The van der Waals surface area contributed by atoms with Gasteiger partial charge in [0.05, 0.1) is 0 Å². The molecule has 1 fully saturated rings. The zero-order chi connectivity index (χ0) is 14.8. The van der Waals surface area contributed by atoms with E-state index in [0.717, 1.165) is 38.8 Å². The van der Waals surface area contributed by atoms with Crippen LogP contribution in [0.2, 0.25) is 0 Å². The minimum atomic E-state index is -0.235. The summed E-state index contributed by atoms with van der Waals surface area (Å²) in [6, 6.07) is -0.235. The molecule has 4 nitrogen and oxygen atoms in total. The van der Waals surface area contributed by atoms with Crippen molar-refractivity contribution in [2.75, 3.05) is 13.1 Å². The summed E-state index contributed by atoms with van der Waals surface area (Å²) in [7, 11) is 0. The molecule has 116 valence electrons. The first-order valence-corrected chi connectivity index (χ1v) is 8.21. The molecule has 1 heterocycles. The normalized spacial score (nSPS) is 18.9. The van der Waals surface area contributed by atoms with Gasteiger partial charge in [-0.05, 0) is 25.7 Å². The summed E-state index contributed by atoms with van der Waals surface area (Å²) in [5, 5.41) is 3.00. The largest absolute Gasteiger partial charge is 0.354 e. The van der Waals surface area contributed by atoms with Gasteiger partial charge in [0.1, 0.15) is 6.04 Å². The van der Waals surface area contributed by atoms with Crippen LogP contribution in [0.25, 0.3) is 0 Å². The molecule has 0 spiro atoms. The van der Waals surface area contributed by atoms with Gasteiger partial charge >= 0.3 is 0 Å². The highest BCUT2D eigenvalue weighted by molar-refractivity contribution is 5.87. The molecule has 1 saturated heterocycles. The number of piperidine rings is 1. The highest BCUT2D eigenvalue weighted by atomic mass is 16.2. The Hall–Kier alpha value is -1.06. The van der Waals surface area contributed by atoms with E-state index in [1.165, 1.54) is 32.1 Å². The third-order valence-corrected chi connectivity index (χ3v) is 4.04. The molecule has 0 aromatic heterocycles. The average Bonchev–Trinajstić information content (AvgIpc) is 2.46. The monoisotopic (exact) mass is 282 g/mol. The van der Waals surface area contributed by atoms with E-state index in [-0.39, 0.29) is 17.9 Å². The quantitative estimate of drug-likeness (QED) is 0.696. The number of carbonyl (C=O) groups excluding carboxylic acids is 2. The standard InChI is InChI=1S/C16H30N2O2/c1-3-4-5-6-7-9-12-17-16(20)15-11-8-10-13-18(15)14(2)19/h15H,3-13H2,1-2H3,(H,17,20). The molecule has 1 aliphatic rings. The van der Waals surface area contributed by atoms with Crippen LogP contribution in [0, 0.1) is 0 Å². The topological polar surface area (TPSA) is 49.4 Å². The van der Waals surface area contributed by atoms with E-state index in [1.54, 1.807) is 11.8 Å². The number of unbranched alkanes of at least 4 members (excludes halogenated alkanes) is 5. The lowest BCUT2D eigenvalue weighted by Crippen LogP contribution is -2.51. The number of rotatable bonds is 8. The zero-order valence-corrected chi connectivity index (χ0v) is 13.1. The van der Waals surface area contributed by atoms with Gasteiger partial charge in [0.2, 0.25) is 11.8 Å². The molecule has 0 aromatic rings. The predicted molar refractivity (Wildman–Crippen MR) is 81.4 cm³/mol. The van der Waals surface area contributed by atoms with Gasteiger partial charge in [0.15, 0.2) is 0 Å². The highest BCUT2D eigenvalue weighted by Gasteiger charge is 2.29. The second-order valence-corrected chi connectivity index (χ2v) is 5.78. The number of nitrogens with zero attached hydrogens (tertiary/aromatic N) is 1. The maximum absolute atomic E-state index is 12.1. The van der Waals surface area contributed by atoms with Gasteiger partial charge in [-0.1, -0.05) is 39.0 Å². The number of hydrogen-bond donors (Lipinski definition) is 1. The first-order valence-electron chi connectivity index (χ1n) is 8.21. The van der Waals surface area contributed by atoms with Crippen molar-refractivity contribution < 1.29 is 9.59 Å². The van der Waals surface area contributed by atoms with Crippen molar-refractivity contribution in [2.45, 2.75) is 77.7 Å². The van der Waals surface area contributed by atoms with Crippen LogP contribution >= 0.6 is 0 Å². The lowest BCUT2D eigenvalue weighted by molar-refractivity contribution is -0.140. The van der Waals surface area contributed by atoms with Crippen LogP contribution in [0.3, 0.4) is 0 Å². The third-order valence-electron chi connectivity index (χ3n) is 4.04. The van der Waals surface area contributed by atoms with Gasteiger partial charge < -0.3 is 10.2 Å². The molecule has 4 heteroatoms. The molecule has 2 amide bonds. The summed E-state index contributed by atoms with van der Waals surface area (Å²) in [6.07, 6.45) is 10.2. The van der Waals surface area contributed by atoms with Crippen LogP contribution in [0.4, 0.5) is 0 Å². The minimum absolute atomic E-state index is 0.0180. The molecule has 1 rings (SSSR count). The molecule has 0 aromatic carbocycles.